The van der Waals surface area contributed by atoms with E-state index in [9.17, 15) is 4.79 Å². The largest absolute Gasteiger partial charge is 0.489 e. The molecule has 0 aliphatic carbocycles. The molecular weight excluding hydrogens is 432 g/mol. The van der Waals surface area contributed by atoms with Gasteiger partial charge in [-0.05, 0) is 34.9 Å². The van der Waals surface area contributed by atoms with Crippen LogP contribution in [-0.4, -0.2) is 12.1 Å². The van der Waals surface area contributed by atoms with Gasteiger partial charge in [0.2, 0.25) is 0 Å². The molecule has 0 saturated carbocycles. The second kappa shape index (κ2) is 11.1. The van der Waals surface area contributed by atoms with E-state index in [1.165, 1.54) is 0 Å². The molecule has 0 heterocycles. The summed E-state index contributed by atoms with van der Waals surface area (Å²) in [4.78, 5) is 13.0. The van der Waals surface area contributed by atoms with Crippen LogP contribution in [0.5, 0.6) is 5.75 Å². The van der Waals surface area contributed by atoms with Crippen molar-refractivity contribution >= 4 is 23.7 Å². The number of hydrazone groups is 1. The van der Waals surface area contributed by atoms with Crippen LogP contribution < -0.4 is 10.2 Å². The summed E-state index contributed by atoms with van der Waals surface area (Å²) in [5, 5.41) is 4.86. The van der Waals surface area contributed by atoms with Crippen molar-refractivity contribution < 1.29 is 9.53 Å². The number of ether oxygens (including phenoxy) is 1. The molecule has 0 saturated heterocycles. The molecule has 0 aliphatic rings. The van der Waals surface area contributed by atoms with Crippen LogP contribution in [0.4, 0.5) is 0 Å². The van der Waals surface area contributed by atoms with Crippen LogP contribution in [0.3, 0.4) is 0 Å². The van der Waals surface area contributed by atoms with Gasteiger partial charge < -0.3 is 4.74 Å². The molecule has 33 heavy (non-hydrogen) atoms. The summed E-state index contributed by atoms with van der Waals surface area (Å²) < 4.78 is 5.86. The number of carbonyl (C=O) groups excluding carboxylic acids is 1. The van der Waals surface area contributed by atoms with Gasteiger partial charge in [-0.1, -0.05) is 103 Å². The number of carbonyl (C=O) groups is 1. The van der Waals surface area contributed by atoms with E-state index in [1.807, 2.05) is 109 Å². The molecule has 0 spiro atoms. The van der Waals surface area contributed by atoms with Crippen molar-refractivity contribution in [3.63, 3.8) is 0 Å². The van der Waals surface area contributed by atoms with Crippen LogP contribution in [0.1, 0.15) is 28.2 Å². The number of nitrogens with zero attached hydrogens (tertiary/aromatic N) is 1. The van der Waals surface area contributed by atoms with Crippen molar-refractivity contribution in [1.29, 1.82) is 0 Å². The fraction of sp³-hybridized carbons (Fsp3) is 0.0714. The van der Waals surface area contributed by atoms with E-state index < -0.39 is 5.92 Å². The van der Waals surface area contributed by atoms with Gasteiger partial charge in [-0.3, -0.25) is 4.79 Å². The third-order valence-corrected chi connectivity index (χ3v) is 5.50. The second-order valence-electron chi connectivity index (χ2n) is 7.44. The van der Waals surface area contributed by atoms with E-state index in [2.05, 4.69) is 10.5 Å². The monoisotopic (exact) mass is 454 g/mol. The van der Waals surface area contributed by atoms with Gasteiger partial charge in [-0.25, -0.2) is 5.43 Å². The van der Waals surface area contributed by atoms with Crippen LogP contribution in [-0.2, 0) is 11.4 Å². The minimum Gasteiger partial charge on any atom is -0.489 e. The summed E-state index contributed by atoms with van der Waals surface area (Å²) >= 11 is 6.19. The first-order chi connectivity index (χ1) is 16.2. The number of rotatable bonds is 8. The number of halogens is 1. The standard InChI is InChI=1S/C28H23ClN2O2/c29-26-17-8-7-15-24(26)20-33-25-16-9-10-21(18-25)19-30-31-28(32)27(22-11-3-1-4-12-22)23-13-5-2-6-14-23/h1-19,27H,20H2,(H,31,32)/b30-19-. The summed E-state index contributed by atoms with van der Waals surface area (Å²) in [5.41, 5.74) is 6.23. The second-order valence-corrected chi connectivity index (χ2v) is 7.85. The van der Waals surface area contributed by atoms with Crippen LogP contribution in [0.2, 0.25) is 5.02 Å². The van der Waals surface area contributed by atoms with Gasteiger partial charge in [0.15, 0.2) is 0 Å². The molecule has 0 unspecified atom stereocenters. The maximum absolute atomic E-state index is 13.0. The van der Waals surface area contributed by atoms with E-state index in [0.717, 1.165) is 22.3 Å². The Hall–Kier alpha value is -3.89. The first kappa shape index (κ1) is 22.3. The van der Waals surface area contributed by atoms with Crippen LogP contribution in [0, 0.1) is 0 Å². The average Bonchev–Trinajstić information content (AvgIpc) is 2.85. The lowest BCUT2D eigenvalue weighted by atomic mass is 9.91. The molecule has 0 atom stereocenters. The van der Waals surface area contributed by atoms with Crippen molar-refractivity contribution in [2.24, 2.45) is 5.10 Å². The maximum Gasteiger partial charge on any atom is 0.252 e. The summed E-state index contributed by atoms with van der Waals surface area (Å²) in [6.45, 7) is 0.368. The molecule has 4 rings (SSSR count). The van der Waals surface area contributed by atoms with Gasteiger partial charge >= 0.3 is 0 Å². The highest BCUT2D eigenvalue weighted by Crippen LogP contribution is 2.24. The van der Waals surface area contributed by atoms with Gasteiger partial charge in [-0.15, -0.1) is 0 Å². The molecule has 0 radical (unpaired) electrons. The molecule has 4 nitrogen and oxygen atoms in total. The summed E-state index contributed by atoms with van der Waals surface area (Å²) in [7, 11) is 0. The number of hydrogen-bond donors (Lipinski definition) is 1. The number of nitrogens with one attached hydrogen (secondary N) is 1. The molecular formula is C28H23ClN2O2. The highest BCUT2D eigenvalue weighted by molar-refractivity contribution is 6.31. The quantitative estimate of drug-likeness (QED) is 0.254. The summed E-state index contributed by atoms with van der Waals surface area (Å²) in [5.74, 6) is 0.0428. The van der Waals surface area contributed by atoms with Crippen molar-refractivity contribution in [2.45, 2.75) is 12.5 Å². The predicted octanol–water partition coefficient (Wildman–Crippen LogP) is 6.20. The van der Waals surface area contributed by atoms with E-state index >= 15 is 0 Å². The number of amides is 1. The molecule has 0 bridgehead atoms. The number of hydrogen-bond acceptors (Lipinski definition) is 3. The third kappa shape index (κ3) is 6.09. The van der Waals surface area contributed by atoms with Gasteiger partial charge in [-0.2, -0.15) is 5.10 Å². The minimum atomic E-state index is -0.449. The fourth-order valence-corrected chi connectivity index (χ4v) is 3.67. The Morgan fingerprint density at radius 3 is 2.15 bits per heavy atom. The SMILES string of the molecule is O=C(N/N=C\c1cccc(OCc2ccccc2Cl)c1)C(c1ccccc1)c1ccccc1. The zero-order chi connectivity index (χ0) is 22.9. The lowest BCUT2D eigenvalue weighted by Crippen LogP contribution is -2.26. The zero-order valence-corrected chi connectivity index (χ0v) is 18.7. The normalized spacial score (nSPS) is 11.0. The Morgan fingerprint density at radius 1 is 0.848 bits per heavy atom. The Kier molecular flexibility index (Phi) is 7.52. The van der Waals surface area contributed by atoms with E-state index in [0.29, 0.717) is 17.4 Å². The van der Waals surface area contributed by atoms with E-state index in [-0.39, 0.29) is 5.91 Å². The van der Waals surface area contributed by atoms with E-state index in [4.69, 9.17) is 16.3 Å². The Balaban J connectivity index is 1.43. The predicted molar refractivity (Wildman–Crippen MR) is 133 cm³/mol. The Labute approximate surface area is 198 Å². The van der Waals surface area contributed by atoms with Crippen LogP contribution >= 0.6 is 11.6 Å². The minimum absolute atomic E-state index is 0.199. The van der Waals surface area contributed by atoms with Gasteiger partial charge in [0.25, 0.3) is 5.91 Å². The third-order valence-electron chi connectivity index (χ3n) is 5.13. The van der Waals surface area contributed by atoms with Crippen molar-refractivity contribution in [3.05, 3.63) is 136 Å². The maximum atomic E-state index is 13.0. The molecule has 5 heteroatoms. The topological polar surface area (TPSA) is 50.7 Å². The molecule has 0 aromatic heterocycles. The highest BCUT2D eigenvalue weighted by Gasteiger charge is 2.22. The van der Waals surface area contributed by atoms with E-state index in [1.54, 1.807) is 6.21 Å². The molecule has 1 N–H and O–H groups in total. The smallest absolute Gasteiger partial charge is 0.252 e. The van der Waals surface area contributed by atoms with Crippen molar-refractivity contribution in [3.8, 4) is 5.75 Å². The van der Waals surface area contributed by atoms with Gasteiger partial charge in [0, 0.05) is 10.6 Å². The van der Waals surface area contributed by atoms with Gasteiger partial charge in [0.1, 0.15) is 12.4 Å². The van der Waals surface area contributed by atoms with Crippen molar-refractivity contribution in [1.82, 2.24) is 5.43 Å². The lowest BCUT2D eigenvalue weighted by Gasteiger charge is -2.16. The van der Waals surface area contributed by atoms with Crippen LogP contribution in [0.15, 0.2) is 114 Å². The highest BCUT2D eigenvalue weighted by atomic mass is 35.5. The molecule has 0 aliphatic heterocycles. The Morgan fingerprint density at radius 2 is 1.48 bits per heavy atom. The molecule has 4 aromatic carbocycles. The zero-order valence-electron chi connectivity index (χ0n) is 17.9. The molecule has 1 amide bonds. The average molecular weight is 455 g/mol. The molecule has 0 fully saturated rings. The lowest BCUT2D eigenvalue weighted by molar-refractivity contribution is -0.121. The van der Waals surface area contributed by atoms with Crippen molar-refractivity contribution in [2.75, 3.05) is 0 Å². The van der Waals surface area contributed by atoms with Crippen LogP contribution in [0.25, 0.3) is 0 Å². The molecule has 4 aromatic rings. The summed E-state index contributed by atoms with van der Waals surface area (Å²) in [6.07, 6.45) is 1.60. The Bertz CT molecular complexity index is 1190. The first-order valence-electron chi connectivity index (χ1n) is 10.6. The number of benzene rings is 4. The first-order valence-corrected chi connectivity index (χ1v) is 11.0. The fourth-order valence-electron chi connectivity index (χ4n) is 3.48. The van der Waals surface area contributed by atoms with Gasteiger partial charge in [0.05, 0.1) is 12.1 Å². The summed E-state index contributed by atoms with van der Waals surface area (Å²) in [6, 6.07) is 34.4. The molecule has 164 valence electrons.